The van der Waals surface area contributed by atoms with Gasteiger partial charge in [-0.05, 0) is 60.7 Å². The van der Waals surface area contributed by atoms with Crippen LogP contribution in [0.3, 0.4) is 0 Å². The highest BCUT2D eigenvalue weighted by Crippen LogP contribution is 2.33. The number of ether oxygens (including phenoxy) is 1. The van der Waals surface area contributed by atoms with Gasteiger partial charge in [-0.2, -0.15) is 0 Å². The SMILES string of the molecule is O=C(O)c1ccc(Oc2ccc(C3CCCCC3)cc2)cc1. The zero-order valence-electron chi connectivity index (χ0n) is 12.5. The average molecular weight is 296 g/mol. The summed E-state index contributed by atoms with van der Waals surface area (Å²) in [7, 11) is 0. The predicted octanol–water partition coefficient (Wildman–Crippen LogP) is 5.22. The zero-order valence-corrected chi connectivity index (χ0v) is 12.5. The highest BCUT2D eigenvalue weighted by Gasteiger charge is 2.15. The third kappa shape index (κ3) is 3.48. The van der Waals surface area contributed by atoms with Crippen molar-refractivity contribution in [3.8, 4) is 11.5 Å². The minimum absolute atomic E-state index is 0.264. The van der Waals surface area contributed by atoms with Gasteiger partial charge in [0.25, 0.3) is 0 Å². The average Bonchev–Trinajstić information content (AvgIpc) is 2.57. The van der Waals surface area contributed by atoms with Crippen LogP contribution in [-0.2, 0) is 0 Å². The van der Waals surface area contributed by atoms with E-state index in [0.29, 0.717) is 11.7 Å². The van der Waals surface area contributed by atoms with Crippen LogP contribution in [0.5, 0.6) is 11.5 Å². The number of benzene rings is 2. The maximum absolute atomic E-state index is 10.8. The van der Waals surface area contributed by atoms with E-state index < -0.39 is 5.97 Å². The smallest absolute Gasteiger partial charge is 0.335 e. The van der Waals surface area contributed by atoms with Crippen molar-refractivity contribution in [3.05, 3.63) is 59.7 Å². The van der Waals surface area contributed by atoms with Crippen molar-refractivity contribution >= 4 is 5.97 Å². The molecule has 0 bridgehead atoms. The standard InChI is InChI=1S/C19H20O3/c20-19(21)16-8-12-18(13-9-16)22-17-10-6-15(7-11-17)14-4-2-1-3-5-14/h6-14H,1-5H2,(H,20,21). The molecule has 0 heterocycles. The second-order valence-electron chi connectivity index (χ2n) is 5.84. The van der Waals surface area contributed by atoms with Crippen molar-refractivity contribution in [3.63, 3.8) is 0 Å². The van der Waals surface area contributed by atoms with E-state index in [0.717, 1.165) is 5.75 Å². The van der Waals surface area contributed by atoms with Crippen LogP contribution in [0.4, 0.5) is 0 Å². The van der Waals surface area contributed by atoms with E-state index in [4.69, 9.17) is 9.84 Å². The van der Waals surface area contributed by atoms with Crippen LogP contribution in [0.15, 0.2) is 48.5 Å². The maximum atomic E-state index is 10.8. The predicted molar refractivity (Wildman–Crippen MR) is 85.7 cm³/mol. The summed E-state index contributed by atoms with van der Waals surface area (Å²) in [6.07, 6.45) is 6.61. The molecule has 2 aromatic carbocycles. The Hall–Kier alpha value is -2.29. The molecule has 0 aliphatic heterocycles. The van der Waals surface area contributed by atoms with Crippen molar-refractivity contribution in [2.75, 3.05) is 0 Å². The van der Waals surface area contributed by atoms with Crippen LogP contribution < -0.4 is 4.74 Å². The lowest BCUT2D eigenvalue weighted by Gasteiger charge is -2.22. The lowest BCUT2D eigenvalue weighted by atomic mass is 9.84. The molecule has 3 rings (SSSR count). The van der Waals surface area contributed by atoms with Gasteiger partial charge in [0.2, 0.25) is 0 Å². The van der Waals surface area contributed by atoms with E-state index >= 15 is 0 Å². The Labute approximate surface area is 130 Å². The lowest BCUT2D eigenvalue weighted by Crippen LogP contribution is -2.04. The summed E-state index contributed by atoms with van der Waals surface area (Å²) >= 11 is 0. The first-order valence-corrected chi connectivity index (χ1v) is 7.83. The van der Waals surface area contributed by atoms with Crippen molar-refractivity contribution < 1.29 is 14.6 Å². The first-order valence-electron chi connectivity index (χ1n) is 7.83. The third-order valence-electron chi connectivity index (χ3n) is 4.29. The minimum Gasteiger partial charge on any atom is -0.478 e. The number of aromatic carboxylic acids is 1. The molecule has 0 saturated heterocycles. The quantitative estimate of drug-likeness (QED) is 0.840. The molecule has 3 nitrogen and oxygen atoms in total. The van der Waals surface area contributed by atoms with Crippen molar-refractivity contribution in [2.45, 2.75) is 38.0 Å². The summed E-state index contributed by atoms with van der Waals surface area (Å²) in [5, 5.41) is 8.88. The van der Waals surface area contributed by atoms with Gasteiger partial charge in [-0.15, -0.1) is 0 Å². The molecule has 0 radical (unpaired) electrons. The Bertz CT molecular complexity index is 623. The molecule has 0 amide bonds. The normalized spacial score (nSPS) is 15.5. The summed E-state index contributed by atoms with van der Waals surface area (Å²) in [5.41, 5.74) is 1.66. The maximum Gasteiger partial charge on any atom is 0.335 e. The topological polar surface area (TPSA) is 46.5 Å². The molecule has 3 heteroatoms. The van der Waals surface area contributed by atoms with Gasteiger partial charge in [-0.3, -0.25) is 0 Å². The molecule has 1 aliphatic rings. The van der Waals surface area contributed by atoms with E-state index in [1.807, 2.05) is 12.1 Å². The molecule has 1 saturated carbocycles. The molecular weight excluding hydrogens is 276 g/mol. The Morgan fingerprint density at radius 2 is 1.41 bits per heavy atom. The molecule has 114 valence electrons. The van der Waals surface area contributed by atoms with E-state index in [1.165, 1.54) is 37.7 Å². The van der Waals surface area contributed by atoms with E-state index in [1.54, 1.807) is 24.3 Å². The van der Waals surface area contributed by atoms with Crippen molar-refractivity contribution in [2.24, 2.45) is 0 Å². The zero-order chi connectivity index (χ0) is 15.4. The summed E-state index contributed by atoms with van der Waals surface area (Å²) in [4.78, 5) is 10.8. The molecule has 1 fully saturated rings. The van der Waals surface area contributed by atoms with Gasteiger partial charge in [-0.25, -0.2) is 4.79 Å². The first kappa shape index (κ1) is 14.6. The number of hydrogen-bond donors (Lipinski definition) is 1. The number of carboxylic acid groups (broad SMARTS) is 1. The molecule has 0 unspecified atom stereocenters. The molecular formula is C19H20O3. The third-order valence-corrected chi connectivity index (χ3v) is 4.29. The molecule has 1 N–H and O–H groups in total. The molecule has 2 aromatic rings. The fraction of sp³-hybridized carbons (Fsp3) is 0.316. The molecule has 22 heavy (non-hydrogen) atoms. The summed E-state index contributed by atoms with van der Waals surface area (Å²) < 4.78 is 5.76. The Morgan fingerprint density at radius 3 is 1.95 bits per heavy atom. The first-order chi connectivity index (χ1) is 10.7. The Balaban J connectivity index is 1.66. The molecule has 0 aromatic heterocycles. The number of rotatable bonds is 4. The number of carboxylic acids is 1. The summed E-state index contributed by atoms with van der Waals surface area (Å²) in [6, 6.07) is 14.7. The Kier molecular flexibility index (Phi) is 4.42. The number of carbonyl (C=O) groups is 1. The fourth-order valence-corrected chi connectivity index (χ4v) is 3.05. The van der Waals surface area contributed by atoms with Gasteiger partial charge < -0.3 is 9.84 Å². The van der Waals surface area contributed by atoms with Gasteiger partial charge in [0.05, 0.1) is 5.56 Å². The van der Waals surface area contributed by atoms with E-state index in [9.17, 15) is 4.79 Å². The minimum atomic E-state index is -0.927. The highest BCUT2D eigenvalue weighted by molar-refractivity contribution is 5.87. The van der Waals surface area contributed by atoms with Gasteiger partial charge in [0, 0.05) is 0 Å². The van der Waals surface area contributed by atoms with E-state index in [2.05, 4.69) is 12.1 Å². The fourth-order valence-electron chi connectivity index (χ4n) is 3.05. The van der Waals surface area contributed by atoms with Gasteiger partial charge in [0.15, 0.2) is 0 Å². The summed E-state index contributed by atoms with van der Waals surface area (Å²) in [6.45, 7) is 0. The molecule has 0 atom stereocenters. The van der Waals surface area contributed by atoms with Crippen molar-refractivity contribution in [1.29, 1.82) is 0 Å². The second-order valence-corrected chi connectivity index (χ2v) is 5.84. The van der Waals surface area contributed by atoms with Crippen LogP contribution >= 0.6 is 0 Å². The largest absolute Gasteiger partial charge is 0.478 e. The molecule has 1 aliphatic carbocycles. The van der Waals surface area contributed by atoms with Crippen molar-refractivity contribution in [1.82, 2.24) is 0 Å². The van der Waals surface area contributed by atoms with Crippen LogP contribution in [0.25, 0.3) is 0 Å². The van der Waals surface area contributed by atoms with Gasteiger partial charge >= 0.3 is 5.97 Å². The van der Waals surface area contributed by atoms with Gasteiger partial charge in [0.1, 0.15) is 11.5 Å². The molecule has 0 spiro atoms. The highest BCUT2D eigenvalue weighted by atomic mass is 16.5. The lowest BCUT2D eigenvalue weighted by molar-refractivity contribution is 0.0697. The van der Waals surface area contributed by atoms with Crippen LogP contribution in [0.2, 0.25) is 0 Å². The second kappa shape index (κ2) is 6.65. The van der Waals surface area contributed by atoms with Crippen LogP contribution in [0.1, 0.15) is 53.9 Å². The van der Waals surface area contributed by atoms with Gasteiger partial charge in [-0.1, -0.05) is 31.4 Å². The Morgan fingerprint density at radius 1 is 0.864 bits per heavy atom. The summed E-state index contributed by atoms with van der Waals surface area (Å²) in [5.74, 6) is 1.19. The number of hydrogen-bond acceptors (Lipinski definition) is 2. The van der Waals surface area contributed by atoms with Crippen LogP contribution in [-0.4, -0.2) is 11.1 Å². The van der Waals surface area contributed by atoms with E-state index in [-0.39, 0.29) is 5.56 Å². The van der Waals surface area contributed by atoms with Crippen LogP contribution in [0, 0.1) is 0 Å². The monoisotopic (exact) mass is 296 g/mol.